The van der Waals surface area contributed by atoms with Gasteiger partial charge < -0.3 is 10.1 Å². The Morgan fingerprint density at radius 2 is 1.65 bits per heavy atom. The summed E-state index contributed by atoms with van der Waals surface area (Å²) in [6, 6.07) is 13.1. The number of carbonyl (C=O) groups is 1. The van der Waals surface area contributed by atoms with Crippen molar-refractivity contribution >= 4 is 15.9 Å². The number of hydrogen-bond acceptors (Lipinski definition) is 4. The Morgan fingerprint density at radius 1 is 1.03 bits per heavy atom. The molecule has 1 saturated heterocycles. The Morgan fingerprint density at radius 3 is 2.29 bits per heavy atom. The molecule has 1 aliphatic heterocycles. The number of nitrogens with one attached hydrogen (secondary N) is 1. The molecular weight excluding hydrogens is 448 g/mol. The van der Waals surface area contributed by atoms with Gasteiger partial charge in [0.25, 0.3) is 0 Å². The van der Waals surface area contributed by atoms with Crippen molar-refractivity contribution < 1.29 is 17.9 Å². The molecule has 0 spiro atoms. The first kappa shape index (κ1) is 26.2. The molecule has 1 fully saturated rings. The fourth-order valence-corrected chi connectivity index (χ4v) is 5.62. The summed E-state index contributed by atoms with van der Waals surface area (Å²) in [6.45, 7) is 11.3. The highest BCUT2D eigenvalue weighted by atomic mass is 32.2. The van der Waals surface area contributed by atoms with Crippen molar-refractivity contribution in [2.45, 2.75) is 71.2 Å². The van der Waals surface area contributed by atoms with Crippen molar-refractivity contribution in [3.63, 3.8) is 0 Å². The summed E-state index contributed by atoms with van der Waals surface area (Å²) in [4.78, 5) is 13.3. The number of carbonyl (C=O) groups excluding carboxylic acids is 1. The second kappa shape index (κ2) is 10.9. The first-order valence-electron chi connectivity index (χ1n) is 12.1. The highest BCUT2D eigenvalue weighted by Crippen LogP contribution is 2.26. The molecule has 2 aromatic rings. The van der Waals surface area contributed by atoms with Crippen LogP contribution < -0.4 is 10.1 Å². The van der Waals surface area contributed by atoms with Crippen LogP contribution in [0.25, 0.3) is 0 Å². The molecule has 7 heteroatoms. The molecule has 1 amide bonds. The van der Waals surface area contributed by atoms with E-state index < -0.39 is 15.4 Å². The van der Waals surface area contributed by atoms with Gasteiger partial charge in [-0.2, -0.15) is 4.31 Å². The Balaban J connectivity index is 1.45. The molecule has 34 heavy (non-hydrogen) atoms. The van der Waals surface area contributed by atoms with Gasteiger partial charge in [0, 0.05) is 24.5 Å². The zero-order chi connectivity index (χ0) is 24.9. The third-order valence-corrected chi connectivity index (χ3v) is 8.52. The summed E-state index contributed by atoms with van der Waals surface area (Å²) < 4.78 is 33.3. The lowest BCUT2D eigenvalue weighted by Gasteiger charge is -2.34. The Labute approximate surface area is 204 Å². The van der Waals surface area contributed by atoms with E-state index in [1.165, 1.54) is 4.31 Å². The SMILES string of the molecule is Cc1ccc(S(=O)(=O)N2CCC(NC(=O)C(C)(C)CCCOc3cc(C)ccc3C)CC2)cc1. The van der Waals surface area contributed by atoms with Crippen LogP contribution in [0.2, 0.25) is 0 Å². The van der Waals surface area contributed by atoms with Gasteiger partial charge in [-0.05, 0) is 75.8 Å². The normalized spacial score (nSPS) is 15.8. The first-order chi connectivity index (χ1) is 16.0. The highest BCUT2D eigenvalue weighted by molar-refractivity contribution is 7.89. The van der Waals surface area contributed by atoms with Crippen LogP contribution in [0.3, 0.4) is 0 Å². The van der Waals surface area contributed by atoms with Crippen molar-refractivity contribution in [1.82, 2.24) is 9.62 Å². The number of aryl methyl sites for hydroxylation is 3. The van der Waals surface area contributed by atoms with Crippen molar-refractivity contribution in [2.75, 3.05) is 19.7 Å². The van der Waals surface area contributed by atoms with E-state index >= 15 is 0 Å². The van der Waals surface area contributed by atoms with Crippen LogP contribution in [-0.4, -0.2) is 44.4 Å². The van der Waals surface area contributed by atoms with Crippen LogP contribution in [0, 0.1) is 26.2 Å². The molecule has 0 radical (unpaired) electrons. The minimum Gasteiger partial charge on any atom is -0.493 e. The van der Waals surface area contributed by atoms with Crippen LogP contribution in [0.1, 0.15) is 56.2 Å². The van der Waals surface area contributed by atoms with E-state index in [0.717, 1.165) is 28.9 Å². The molecule has 0 saturated carbocycles. The molecule has 0 aromatic heterocycles. The number of piperidine rings is 1. The molecule has 186 valence electrons. The van der Waals surface area contributed by atoms with Crippen LogP contribution in [0.5, 0.6) is 5.75 Å². The summed E-state index contributed by atoms with van der Waals surface area (Å²) in [5.41, 5.74) is 2.78. The van der Waals surface area contributed by atoms with Gasteiger partial charge in [-0.1, -0.05) is 43.7 Å². The molecule has 1 aliphatic rings. The van der Waals surface area contributed by atoms with Gasteiger partial charge in [-0.3, -0.25) is 4.79 Å². The molecule has 2 aromatic carbocycles. The average Bonchev–Trinajstić information content (AvgIpc) is 2.79. The number of ether oxygens (including phenoxy) is 1. The zero-order valence-electron chi connectivity index (χ0n) is 21.1. The maximum atomic E-state index is 12.9. The van der Waals surface area contributed by atoms with Crippen LogP contribution >= 0.6 is 0 Å². The number of amides is 1. The lowest BCUT2D eigenvalue weighted by Crippen LogP contribution is -2.49. The monoisotopic (exact) mass is 486 g/mol. The smallest absolute Gasteiger partial charge is 0.243 e. The summed E-state index contributed by atoms with van der Waals surface area (Å²) in [5.74, 6) is 0.911. The number of benzene rings is 2. The Bertz CT molecular complexity index is 1090. The number of sulfonamides is 1. The number of nitrogens with zero attached hydrogens (tertiary/aromatic N) is 1. The summed E-state index contributed by atoms with van der Waals surface area (Å²) in [7, 11) is -3.50. The second-order valence-corrected chi connectivity index (χ2v) is 12.0. The van der Waals surface area contributed by atoms with E-state index in [9.17, 15) is 13.2 Å². The number of hydrogen-bond donors (Lipinski definition) is 1. The van der Waals surface area contributed by atoms with Crippen LogP contribution in [0.4, 0.5) is 0 Å². The van der Waals surface area contributed by atoms with Crippen LogP contribution in [-0.2, 0) is 14.8 Å². The summed E-state index contributed by atoms with van der Waals surface area (Å²) >= 11 is 0. The van der Waals surface area contributed by atoms with Crippen molar-refractivity contribution in [2.24, 2.45) is 5.41 Å². The predicted octanol–water partition coefficient (Wildman–Crippen LogP) is 4.77. The van der Waals surface area contributed by atoms with E-state index in [-0.39, 0.29) is 11.9 Å². The Kier molecular flexibility index (Phi) is 8.42. The van der Waals surface area contributed by atoms with Crippen LogP contribution in [0.15, 0.2) is 47.4 Å². The summed E-state index contributed by atoms with van der Waals surface area (Å²) in [6.07, 6.45) is 2.72. The lowest BCUT2D eigenvalue weighted by atomic mass is 9.86. The molecule has 1 N–H and O–H groups in total. The first-order valence-corrected chi connectivity index (χ1v) is 13.5. The topological polar surface area (TPSA) is 75.7 Å². The van der Waals surface area contributed by atoms with E-state index in [4.69, 9.17) is 4.74 Å². The van der Waals surface area contributed by atoms with Gasteiger partial charge in [0.15, 0.2) is 0 Å². The fraction of sp³-hybridized carbons (Fsp3) is 0.519. The molecule has 1 heterocycles. The molecule has 0 aliphatic carbocycles. The van der Waals surface area contributed by atoms with E-state index in [2.05, 4.69) is 17.4 Å². The quantitative estimate of drug-likeness (QED) is 0.518. The standard InChI is InChI=1S/C27H38N2O4S/c1-20-8-11-24(12-9-20)34(31,32)29-16-13-23(14-17-29)28-26(30)27(4,5)15-6-18-33-25-19-21(2)7-10-22(25)3/h7-12,19,23H,6,13-18H2,1-5H3,(H,28,30). The molecule has 0 bridgehead atoms. The largest absolute Gasteiger partial charge is 0.493 e. The highest BCUT2D eigenvalue weighted by Gasteiger charge is 2.33. The van der Waals surface area contributed by atoms with Gasteiger partial charge in [-0.25, -0.2) is 8.42 Å². The average molecular weight is 487 g/mol. The van der Waals surface area contributed by atoms with E-state index in [1.54, 1.807) is 12.1 Å². The van der Waals surface area contributed by atoms with Gasteiger partial charge in [0.2, 0.25) is 15.9 Å². The van der Waals surface area contributed by atoms with Gasteiger partial charge >= 0.3 is 0 Å². The minimum atomic E-state index is -3.50. The fourth-order valence-electron chi connectivity index (χ4n) is 4.15. The van der Waals surface area contributed by atoms with Gasteiger partial charge in [0.1, 0.15) is 5.75 Å². The third-order valence-electron chi connectivity index (χ3n) is 6.61. The molecule has 0 unspecified atom stereocenters. The lowest BCUT2D eigenvalue weighted by molar-refractivity contribution is -0.130. The number of rotatable bonds is 9. The maximum absolute atomic E-state index is 12.9. The van der Waals surface area contributed by atoms with E-state index in [1.807, 2.05) is 52.8 Å². The minimum absolute atomic E-state index is 0.0116. The van der Waals surface area contributed by atoms with Crippen molar-refractivity contribution in [1.29, 1.82) is 0 Å². The van der Waals surface area contributed by atoms with E-state index in [0.29, 0.717) is 43.9 Å². The molecule has 6 nitrogen and oxygen atoms in total. The molecular formula is C27H38N2O4S. The predicted molar refractivity (Wildman–Crippen MR) is 136 cm³/mol. The van der Waals surface area contributed by atoms with Gasteiger partial charge in [0.05, 0.1) is 11.5 Å². The molecule has 3 rings (SSSR count). The molecule has 0 atom stereocenters. The maximum Gasteiger partial charge on any atom is 0.243 e. The van der Waals surface area contributed by atoms with Crippen molar-refractivity contribution in [3.05, 3.63) is 59.2 Å². The Hall–Kier alpha value is -2.38. The summed E-state index contributed by atoms with van der Waals surface area (Å²) in [5, 5.41) is 3.15. The van der Waals surface area contributed by atoms with Gasteiger partial charge in [-0.15, -0.1) is 0 Å². The zero-order valence-corrected chi connectivity index (χ0v) is 21.9. The third kappa shape index (κ3) is 6.60. The second-order valence-electron chi connectivity index (χ2n) is 10.1. The van der Waals surface area contributed by atoms with Crippen molar-refractivity contribution in [3.8, 4) is 5.75 Å².